The van der Waals surface area contributed by atoms with Gasteiger partial charge in [-0.3, -0.25) is 10.1 Å². The highest BCUT2D eigenvalue weighted by Gasteiger charge is 2.30. The molecular formula is C17H13N9O2. The number of guanidine groups is 1. The van der Waals surface area contributed by atoms with Gasteiger partial charge in [-0.1, -0.05) is 6.07 Å². The molecule has 0 fully saturated rings. The predicted octanol–water partition coefficient (Wildman–Crippen LogP) is 0.390. The number of pyridine rings is 1. The summed E-state index contributed by atoms with van der Waals surface area (Å²) in [6.45, 7) is -0.0570. The van der Waals surface area contributed by atoms with Crippen LogP contribution in [0.3, 0.4) is 0 Å². The first-order chi connectivity index (χ1) is 13.5. The molecule has 4 rings (SSSR count). The highest BCUT2D eigenvalue weighted by molar-refractivity contribution is 5.99. The van der Waals surface area contributed by atoms with Gasteiger partial charge in [-0.15, -0.1) is 0 Å². The maximum absolute atomic E-state index is 11.6. The average molecular weight is 375 g/mol. The van der Waals surface area contributed by atoms with E-state index in [0.717, 1.165) is 0 Å². The van der Waals surface area contributed by atoms with E-state index in [-0.39, 0.29) is 41.4 Å². The van der Waals surface area contributed by atoms with Crippen LogP contribution in [0.15, 0.2) is 23.2 Å². The number of carbonyl (C=O) groups is 1. The normalized spacial score (nSPS) is 16.7. The molecule has 2 aliphatic rings. The third-order valence-electron chi connectivity index (χ3n) is 4.31. The van der Waals surface area contributed by atoms with Gasteiger partial charge in [-0.2, -0.15) is 10.5 Å². The van der Waals surface area contributed by atoms with Gasteiger partial charge < -0.3 is 26.8 Å². The van der Waals surface area contributed by atoms with Crippen LogP contribution in [0, 0.1) is 22.8 Å². The molecule has 0 saturated heterocycles. The van der Waals surface area contributed by atoms with Crippen molar-refractivity contribution in [3.05, 3.63) is 34.9 Å². The van der Waals surface area contributed by atoms with Gasteiger partial charge >= 0.3 is 0 Å². The van der Waals surface area contributed by atoms with Gasteiger partial charge in [0.1, 0.15) is 35.1 Å². The molecule has 2 aromatic rings. The van der Waals surface area contributed by atoms with E-state index in [0.29, 0.717) is 22.6 Å². The Morgan fingerprint density at radius 2 is 2.11 bits per heavy atom. The lowest BCUT2D eigenvalue weighted by Crippen LogP contribution is -2.33. The highest BCUT2D eigenvalue weighted by atomic mass is 16.5. The Bertz CT molecular complexity index is 1130. The van der Waals surface area contributed by atoms with Crippen LogP contribution in [0.2, 0.25) is 0 Å². The number of nitrogen functional groups attached to an aromatic ring is 2. The second-order valence-corrected chi connectivity index (χ2v) is 5.99. The van der Waals surface area contributed by atoms with Crippen LogP contribution in [0.5, 0.6) is 5.75 Å². The largest absolute Gasteiger partial charge is 0.482 e. The van der Waals surface area contributed by atoms with E-state index >= 15 is 0 Å². The number of ether oxygens (including phenoxy) is 1. The van der Waals surface area contributed by atoms with Gasteiger partial charge in [-0.05, 0) is 17.7 Å². The van der Waals surface area contributed by atoms with E-state index in [4.69, 9.17) is 21.5 Å². The molecule has 2 aliphatic heterocycles. The SMILES string of the molecule is N#CNC1=NC(c2ccc3c(c2)NC(=O)CO3)c2c(nc(N)c(C#N)c2N)N1. The van der Waals surface area contributed by atoms with Crippen molar-refractivity contribution in [2.45, 2.75) is 6.04 Å². The highest BCUT2D eigenvalue weighted by Crippen LogP contribution is 2.42. The molecule has 0 aliphatic carbocycles. The van der Waals surface area contributed by atoms with E-state index in [1.54, 1.807) is 24.4 Å². The second kappa shape index (κ2) is 6.34. The summed E-state index contributed by atoms with van der Waals surface area (Å²) in [5.41, 5.74) is 13.8. The number of aromatic nitrogens is 1. The molecule has 0 spiro atoms. The Morgan fingerprint density at radius 1 is 1.29 bits per heavy atom. The first-order valence-corrected chi connectivity index (χ1v) is 8.07. The van der Waals surface area contributed by atoms with Gasteiger partial charge in [0, 0.05) is 5.56 Å². The Balaban J connectivity index is 1.89. The van der Waals surface area contributed by atoms with Crippen LogP contribution in [-0.4, -0.2) is 23.5 Å². The standard InChI is InChI=1S/C17H13N9O2/c18-4-8-13(20)12-14(24-17(22-6-19)26-16(12)25-15(8)21)7-1-2-10-9(3-7)23-11(27)5-28-10/h1-3,14H,5H2,(H,23,27)(H6,20,21,22,24,25,26). The Hall–Kier alpha value is -4.51. The minimum absolute atomic E-state index is 0.0330. The summed E-state index contributed by atoms with van der Waals surface area (Å²) >= 11 is 0. The van der Waals surface area contributed by atoms with Gasteiger partial charge in [0.15, 0.2) is 12.8 Å². The van der Waals surface area contributed by atoms with Crippen LogP contribution < -0.4 is 32.2 Å². The molecule has 1 atom stereocenters. The molecule has 1 aromatic heterocycles. The molecule has 138 valence electrons. The number of aliphatic imine (C=N–C) groups is 1. The lowest BCUT2D eigenvalue weighted by atomic mass is 9.94. The van der Waals surface area contributed by atoms with Crippen LogP contribution in [0.1, 0.15) is 22.7 Å². The summed E-state index contributed by atoms with van der Waals surface area (Å²) in [6, 6.07) is 6.40. The van der Waals surface area contributed by atoms with E-state index in [2.05, 4.69) is 25.9 Å². The molecule has 7 N–H and O–H groups in total. The molecule has 0 radical (unpaired) electrons. The number of benzene rings is 1. The topological polar surface area (TPSA) is 187 Å². The van der Waals surface area contributed by atoms with E-state index < -0.39 is 6.04 Å². The van der Waals surface area contributed by atoms with Gasteiger partial charge in [0.05, 0.1) is 11.4 Å². The number of nitrogens with zero attached hydrogens (tertiary/aromatic N) is 4. The molecule has 1 aromatic carbocycles. The number of nitrogens with two attached hydrogens (primary N) is 2. The Morgan fingerprint density at radius 3 is 2.86 bits per heavy atom. The minimum atomic E-state index is -0.698. The zero-order valence-electron chi connectivity index (χ0n) is 14.3. The quantitative estimate of drug-likeness (QED) is 0.347. The summed E-state index contributed by atoms with van der Waals surface area (Å²) in [5.74, 6) is 0.650. The number of nitriles is 2. The third kappa shape index (κ3) is 2.64. The number of anilines is 4. The fourth-order valence-corrected chi connectivity index (χ4v) is 3.09. The second-order valence-electron chi connectivity index (χ2n) is 5.99. The molecule has 1 amide bonds. The molecule has 3 heterocycles. The van der Waals surface area contributed by atoms with Crippen molar-refractivity contribution in [1.29, 1.82) is 10.5 Å². The number of hydrogen-bond donors (Lipinski definition) is 5. The maximum Gasteiger partial charge on any atom is 0.262 e. The molecule has 11 nitrogen and oxygen atoms in total. The van der Waals surface area contributed by atoms with Crippen LogP contribution >= 0.6 is 0 Å². The summed E-state index contributed by atoms with van der Waals surface area (Å²) < 4.78 is 5.37. The number of carbonyl (C=O) groups excluding carboxylic acids is 1. The lowest BCUT2D eigenvalue weighted by Gasteiger charge is -2.27. The monoisotopic (exact) mass is 375 g/mol. The molecule has 1 unspecified atom stereocenters. The van der Waals surface area contributed by atoms with Crippen LogP contribution in [0.4, 0.5) is 23.0 Å². The van der Waals surface area contributed by atoms with Gasteiger partial charge in [0.25, 0.3) is 5.91 Å². The summed E-state index contributed by atoms with van der Waals surface area (Å²) in [5, 5.41) is 26.3. The number of rotatable bonds is 1. The predicted molar refractivity (Wildman–Crippen MR) is 100.0 cm³/mol. The third-order valence-corrected chi connectivity index (χ3v) is 4.31. The van der Waals surface area contributed by atoms with E-state index in [9.17, 15) is 10.1 Å². The van der Waals surface area contributed by atoms with Crippen molar-refractivity contribution >= 4 is 34.9 Å². The van der Waals surface area contributed by atoms with E-state index in [1.807, 2.05) is 6.07 Å². The molecular weight excluding hydrogens is 362 g/mol. The molecule has 28 heavy (non-hydrogen) atoms. The summed E-state index contributed by atoms with van der Waals surface area (Å²) in [7, 11) is 0. The lowest BCUT2D eigenvalue weighted by molar-refractivity contribution is -0.118. The number of nitrogens with one attached hydrogen (secondary N) is 3. The van der Waals surface area contributed by atoms with Crippen molar-refractivity contribution in [3.8, 4) is 18.0 Å². The number of hydrogen-bond acceptors (Lipinski definition) is 10. The first-order valence-electron chi connectivity index (χ1n) is 8.07. The molecule has 0 bridgehead atoms. The molecule has 0 saturated carbocycles. The smallest absolute Gasteiger partial charge is 0.262 e. The average Bonchev–Trinajstić information content (AvgIpc) is 2.67. The van der Waals surface area contributed by atoms with E-state index in [1.165, 1.54) is 0 Å². The number of amides is 1. The minimum Gasteiger partial charge on any atom is -0.482 e. The zero-order chi connectivity index (χ0) is 19.8. The fraction of sp³-hybridized carbons (Fsp3) is 0.118. The van der Waals surface area contributed by atoms with Crippen molar-refractivity contribution in [2.75, 3.05) is 28.7 Å². The summed E-state index contributed by atoms with van der Waals surface area (Å²) in [6.07, 6.45) is 1.78. The van der Waals surface area contributed by atoms with Crippen LogP contribution in [-0.2, 0) is 4.79 Å². The van der Waals surface area contributed by atoms with Crippen molar-refractivity contribution < 1.29 is 9.53 Å². The maximum atomic E-state index is 11.6. The molecule has 11 heteroatoms. The van der Waals surface area contributed by atoms with Crippen LogP contribution in [0.25, 0.3) is 0 Å². The Kier molecular flexibility index (Phi) is 3.83. The van der Waals surface area contributed by atoms with Crippen molar-refractivity contribution in [2.24, 2.45) is 4.99 Å². The van der Waals surface area contributed by atoms with Gasteiger partial charge in [-0.25, -0.2) is 9.98 Å². The zero-order valence-corrected chi connectivity index (χ0v) is 14.3. The first kappa shape index (κ1) is 16.9. The summed E-state index contributed by atoms with van der Waals surface area (Å²) in [4.78, 5) is 20.3. The Labute approximate surface area is 158 Å². The van der Waals surface area contributed by atoms with Crippen molar-refractivity contribution in [1.82, 2.24) is 10.3 Å². The van der Waals surface area contributed by atoms with Crippen molar-refractivity contribution in [3.63, 3.8) is 0 Å². The van der Waals surface area contributed by atoms with Gasteiger partial charge in [0.2, 0.25) is 5.96 Å². The fourth-order valence-electron chi connectivity index (χ4n) is 3.09. The number of fused-ring (bicyclic) bond motifs is 2.